The minimum absolute atomic E-state index is 0.0634. The van der Waals surface area contributed by atoms with Crippen molar-refractivity contribution in [3.63, 3.8) is 0 Å². The third kappa shape index (κ3) is 7.37. The van der Waals surface area contributed by atoms with E-state index in [-0.39, 0.29) is 16.7 Å². The molecule has 180 valence electrons. The van der Waals surface area contributed by atoms with Crippen molar-refractivity contribution in [2.24, 2.45) is 5.92 Å². The predicted octanol–water partition coefficient (Wildman–Crippen LogP) is 2.47. The third-order valence-electron chi connectivity index (χ3n) is 5.14. The molecule has 2 amide bonds. The van der Waals surface area contributed by atoms with Gasteiger partial charge in [-0.25, -0.2) is 13.2 Å². The number of methoxy groups -OCH3 is 1. The summed E-state index contributed by atoms with van der Waals surface area (Å²) in [6, 6.07) is 5.06. The molecule has 1 unspecified atom stereocenters. The van der Waals surface area contributed by atoms with Crippen molar-refractivity contribution in [2.45, 2.75) is 57.1 Å². The van der Waals surface area contributed by atoms with Gasteiger partial charge >= 0.3 is 6.09 Å². The number of rotatable bonds is 7. The topological polar surface area (TPSA) is 105 Å². The van der Waals surface area contributed by atoms with Gasteiger partial charge in [0.1, 0.15) is 11.4 Å². The summed E-state index contributed by atoms with van der Waals surface area (Å²) in [5.41, 5.74) is -0.573. The number of carbonyl (C=O) groups is 2. The standard InChI is InChI=1S/C22H35N3O6S/c1-16(23-32(28,29)19-11-9-18(30-6)10-12-19)20(26)25-13-7-8-17(15-25)14-24(5)21(27)31-22(2,3)4/h9-12,16-17,23H,7-8,13-15H2,1-6H3/t16-,17?/m0/s1. The van der Waals surface area contributed by atoms with E-state index in [4.69, 9.17) is 9.47 Å². The highest BCUT2D eigenvalue weighted by molar-refractivity contribution is 7.89. The molecular weight excluding hydrogens is 434 g/mol. The predicted molar refractivity (Wildman–Crippen MR) is 121 cm³/mol. The molecule has 1 aromatic rings. The Hall–Kier alpha value is -2.33. The Morgan fingerprint density at radius 2 is 1.88 bits per heavy atom. The fourth-order valence-electron chi connectivity index (χ4n) is 3.60. The second-order valence-electron chi connectivity index (χ2n) is 9.17. The first-order chi connectivity index (χ1) is 14.8. The number of amides is 2. The van der Waals surface area contributed by atoms with E-state index in [2.05, 4.69) is 4.72 Å². The van der Waals surface area contributed by atoms with Gasteiger partial charge in [-0.1, -0.05) is 0 Å². The summed E-state index contributed by atoms with van der Waals surface area (Å²) in [5, 5.41) is 0. The third-order valence-corrected chi connectivity index (χ3v) is 6.70. The first-order valence-corrected chi connectivity index (χ1v) is 12.2. The summed E-state index contributed by atoms with van der Waals surface area (Å²) >= 11 is 0. The van der Waals surface area contributed by atoms with Crippen LogP contribution in [0.15, 0.2) is 29.2 Å². The molecule has 1 fully saturated rings. The van der Waals surface area contributed by atoms with Crippen LogP contribution in [-0.4, -0.2) is 75.7 Å². The number of piperidine rings is 1. The number of likely N-dealkylation sites (tertiary alicyclic amines) is 1. The zero-order valence-electron chi connectivity index (χ0n) is 19.8. The molecular formula is C22H35N3O6S. The number of ether oxygens (including phenoxy) is 2. The van der Waals surface area contributed by atoms with Crippen LogP contribution in [0.1, 0.15) is 40.5 Å². The summed E-state index contributed by atoms with van der Waals surface area (Å²) in [7, 11) is -0.671. The summed E-state index contributed by atoms with van der Waals surface area (Å²) in [4.78, 5) is 28.4. The lowest BCUT2D eigenvalue weighted by Gasteiger charge is -2.36. The maximum atomic E-state index is 12.9. The molecule has 1 aliphatic rings. The Morgan fingerprint density at radius 3 is 2.44 bits per heavy atom. The number of sulfonamides is 1. The van der Waals surface area contributed by atoms with Gasteiger partial charge < -0.3 is 19.3 Å². The van der Waals surface area contributed by atoms with Crippen molar-refractivity contribution in [1.82, 2.24) is 14.5 Å². The number of nitrogens with one attached hydrogen (secondary N) is 1. The number of benzene rings is 1. The summed E-state index contributed by atoms with van der Waals surface area (Å²) in [6.45, 7) is 8.46. The minimum atomic E-state index is -3.85. The molecule has 32 heavy (non-hydrogen) atoms. The lowest BCUT2D eigenvalue weighted by Crippen LogP contribution is -2.51. The molecule has 1 saturated heterocycles. The molecule has 0 aromatic heterocycles. The van der Waals surface area contributed by atoms with Crippen molar-refractivity contribution in [1.29, 1.82) is 0 Å². The molecule has 0 spiro atoms. The van der Waals surface area contributed by atoms with E-state index in [1.54, 1.807) is 31.0 Å². The van der Waals surface area contributed by atoms with Gasteiger partial charge in [0.05, 0.1) is 18.0 Å². The monoisotopic (exact) mass is 469 g/mol. The molecule has 1 aromatic carbocycles. The second kappa shape index (κ2) is 10.5. The van der Waals surface area contributed by atoms with Crippen molar-refractivity contribution in [3.05, 3.63) is 24.3 Å². The van der Waals surface area contributed by atoms with E-state index in [0.717, 1.165) is 12.8 Å². The van der Waals surface area contributed by atoms with Crippen molar-refractivity contribution in [3.8, 4) is 5.75 Å². The van der Waals surface area contributed by atoms with Crippen LogP contribution >= 0.6 is 0 Å². The first-order valence-electron chi connectivity index (χ1n) is 10.7. The zero-order chi connectivity index (χ0) is 24.1. The van der Waals surface area contributed by atoms with Gasteiger partial charge in [-0.15, -0.1) is 0 Å². The molecule has 0 bridgehead atoms. The van der Waals surface area contributed by atoms with Crippen LogP contribution in [0.4, 0.5) is 4.79 Å². The Balaban J connectivity index is 1.95. The SMILES string of the molecule is COc1ccc(S(=O)(=O)N[C@@H](C)C(=O)N2CCCC(CN(C)C(=O)OC(C)(C)C)C2)cc1. The van der Waals surface area contributed by atoms with Crippen LogP contribution in [-0.2, 0) is 19.6 Å². The maximum Gasteiger partial charge on any atom is 0.410 e. The molecule has 2 atom stereocenters. The van der Waals surface area contributed by atoms with E-state index in [1.807, 2.05) is 20.8 Å². The summed E-state index contributed by atoms with van der Waals surface area (Å²) in [5.74, 6) is 0.353. The van der Waals surface area contributed by atoms with Crippen molar-refractivity contribution in [2.75, 3.05) is 33.8 Å². The van der Waals surface area contributed by atoms with Crippen molar-refractivity contribution < 1.29 is 27.5 Å². The Morgan fingerprint density at radius 1 is 1.25 bits per heavy atom. The molecule has 1 aliphatic heterocycles. The van der Waals surface area contributed by atoms with E-state index in [9.17, 15) is 18.0 Å². The number of nitrogens with zero attached hydrogens (tertiary/aromatic N) is 2. The maximum absolute atomic E-state index is 12.9. The number of carbonyl (C=O) groups excluding carboxylic acids is 2. The number of hydrogen-bond donors (Lipinski definition) is 1. The average Bonchev–Trinajstić information content (AvgIpc) is 2.71. The smallest absolute Gasteiger partial charge is 0.410 e. The summed E-state index contributed by atoms with van der Waals surface area (Å²) < 4.78 is 38.2. The zero-order valence-corrected chi connectivity index (χ0v) is 20.6. The Bertz CT molecular complexity index is 895. The normalized spacial score (nSPS) is 18.1. The van der Waals surface area contributed by atoms with Crippen LogP contribution in [0.5, 0.6) is 5.75 Å². The molecule has 0 saturated carbocycles. The van der Waals surface area contributed by atoms with E-state index >= 15 is 0 Å². The highest BCUT2D eigenvalue weighted by Crippen LogP contribution is 2.20. The first kappa shape index (κ1) is 25.9. The van der Waals surface area contributed by atoms with Gasteiger partial charge in [0.2, 0.25) is 15.9 Å². The molecule has 1 heterocycles. The lowest BCUT2D eigenvalue weighted by atomic mass is 9.97. The molecule has 0 aliphatic carbocycles. The van der Waals surface area contributed by atoms with Gasteiger partial charge in [0, 0.05) is 26.7 Å². The lowest BCUT2D eigenvalue weighted by molar-refractivity contribution is -0.134. The van der Waals surface area contributed by atoms with Crippen molar-refractivity contribution >= 4 is 22.0 Å². The highest BCUT2D eigenvalue weighted by atomic mass is 32.2. The fraction of sp³-hybridized carbons (Fsp3) is 0.636. The Kier molecular flexibility index (Phi) is 8.53. The number of hydrogen-bond acceptors (Lipinski definition) is 6. The van der Waals surface area contributed by atoms with Gasteiger partial charge in [-0.05, 0) is 70.7 Å². The van der Waals surface area contributed by atoms with Gasteiger partial charge in [-0.3, -0.25) is 4.79 Å². The largest absolute Gasteiger partial charge is 0.497 e. The molecule has 9 nitrogen and oxygen atoms in total. The van der Waals surface area contributed by atoms with Gasteiger partial charge in [-0.2, -0.15) is 4.72 Å². The van der Waals surface area contributed by atoms with Crippen LogP contribution in [0, 0.1) is 5.92 Å². The van der Waals surface area contributed by atoms with Crippen LogP contribution in [0.2, 0.25) is 0 Å². The molecule has 1 N–H and O–H groups in total. The highest BCUT2D eigenvalue weighted by Gasteiger charge is 2.31. The van der Waals surface area contributed by atoms with Gasteiger partial charge in [0.25, 0.3) is 0 Å². The molecule has 10 heteroatoms. The average molecular weight is 470 g/mol. The summed E-state index contributed by atoms with van der Waals surface area (Å²) in [6.07, 6.45) is 1.26. The quantitative estimate of drug-likeness (QED) is 0.658. The van der Waals surface area contributed by atoms with E-state index in [0.29, 0.717) is 25.4 Å². The fourth-order valence-corrected chi connectivity index (χ4v) is 4.79. The van der Waals surface area contributed by atoms with Crippen LogP contribution < -0.4 is 9.46 Å². The van der Waals surface area contributed by atoms with E-state index < -0.39 is 27.8 Å². The molecule has 0 radical (unpaired) electrons. The van der Waals surface area contributed by atoms with Crippen LogP contribution in [0.25, 0.3) is 0 Å². The molecule has 2 rings (SSSR count). The van der Waals surface area contributed by atoms with Gasteiger partial charge in [0.15, 0.2) is 0 Å². The minimum Gasteiger partial charge on any atom is -0.497 e. The van der Waals surface area contributed by atoms with Crippen LogP contribution in [0.3, 0.4) is 0 Å². The Labute approximate surface area is 191 Å². The van der Waals surface area contributed by atoms with E-state index in [1.165, 1.54) is 24.1 Å². The second-order valence-corrected chi connectivity index (χ2v) is 10.9.